The second kappa shape index (κ2) is 7.96. The molecule has 0 spiro atoms. The van der Waals surface area contributed by atoms with Crippen molar-refractivity contribution in [2.45, 2.75) is 64.5 Å². The number of nitrogens with one attached hydrogen (secondary N) is 1. The van der Waals surface area contributed by atoms with Crippen LogP contribution in [0.15, 0.2) is 0 Å². The minimum atomic E-state index is -0.334. The Morgan fingerprint density at radius 1 is 1.37 bits per heavy atom. The van der Waals surface area contributed by atoms with Crippen LogP contribution in [0.3, 0.4) is 0 Å². The predicted molar refractivity (Wildman–Crippen MR) is 75.3 cm³/mol. The summed E-state index contributed by atoms with van der Waals surface area (Å²) in [4.78, 5) is 25.6. The summed E-state index contributed by atoms with van der Waals surface area (Å²) in [5, 5.41) is 3.17. The third kappa shape index (κ3) is 4.07. The summed E-state index contributed by atoms with van der Waals surface area (Å²) in [6.07, 6.45) is 9.77. The van der Waals surface area contributed by atoms with Crippen LogP contribution in [0.4, 0.5) is 0 Å². The van der Waals surface area contributed by atoms with Gasteiger partial charge in [0.15, 0.2) is 0 Å². The van der Waals surface area contributed by atoms with Gasteiger partial charge in [-0.3, -0.25) is 14.5 Å². The molecule has 19 heavy (non-hydrogen) atoms. The average molecular weight is 264 g/mol. The average Bonchev–Trinajstić information content (AvgIpc) is 2.68. The molecule has 1 fully saturated rings. The zero-order valence-corrected chi connectivity index (χ0v) is 11.9. The van der Waals surface area contributed by atoms with Gasteiger partial charge in [0.05, 0.1) is 12.5 Å². The lowest BCUT2D eigenvalue weighted by Crippen LogP contribution is -2.43. The fourth-order valence-corrected chi connectivity index (χ4v) is 2.48. The first-order valence-electron chi connectivity index (χ1n) is 7.18. The number of unbranched alkanes of at least 4 members (excludes halogenated alkanes) is 2. The number of hydrogen-bond donors (Lipinski definition) is 1. The molecular weight excluding hydrogens is 240 g/mol. The second-order valence-electron chi connectivity index (χ2n) is 4.94. The number of carbonyl (C=O) groups is 2. The lowest BCUT2D eigenvalue weighted by molar-refractivity contribution is -0.141. The van der Waals surface area contributed by atoms with Crippen LogP contribution in [0.1, 0.15) is 52.4 Å². The van der Waals surface area contributed by atoms with Crippen LogP contribution >= 0.6 is 0 Å². The first kappa shape index (κ1) is 15.7. The highest BCUT2D eigenvalue weighted by Crippen LogP contribution is 2.20. The lowest BCUT2D eigenvalue weighted by Gasteiger charge is -2.24. The molecule has 1 saturated heterocycles. The van der Waals surface area contributed by atoms with E-state index < -0.39 is 0 Å². The van der Waals surface area contributed by atoms with Gasteiger partial charge in [-0.15, -0.1) is 12.3 Å². The maximum Gasteiger partial charge on any atom is 0.247 e. The van der Waals surface area contributed by atoms with Gasteiger partial charge >= 0.3 is 0 Å². The van der Waals surface area contributed by atoms with E-state index in [1.54, 1.807) is 0 Å². The van der Waals surface area contributed by atoms with Crippen molar-refractivity contribution in [2.24, 2.45) is 0 Å². The van der Waals surface area contributed by atoms with Crippen molar-refractivity contribution in [1.82, 2.24) is 10.2 Å². The number of amides is 2. The summed E-state index contributed by atoms with van der Waals surface area (Å²) in [5.41, 5.74) is 0. The standard InChI is InChI=1S/C15H24N2O2/c1-4-7-8-9-10-16-13-11-14(18)17(15(13)19)12(5-2)6-3/h1,12-13,16H,5-11H2,2-3H3. The quantitative estimate of drug-likeness (QED) is 0.412. The maximum absolute atomic E-state index is 12.2. The number of carbonyl (C=O) groups excluding carboxylic acids is 2. The first-order chi connectivity index (χ1) is 9.15. The van der Waals surface area contributed by atoms with Gasteiger partial charge in [-0.25, -0.2) is 0 Å². The third-order valence-electron chi connectivity index (χ3n) is 3.63. The number of terminal acetylenes is 1. The van der Waals surface area contributed by atoms with Crippen molar-refractivity contribution in [3.63, 3.8) is 0 Å². The molecule has 1 unspecified atom stereocenters. The largest absolute Gasteiger partial charge is 0.305 e. The van der Waals surface area contributed by atoms with Gasteiger partial charge in [0.25, 0.3) is 0 Å². The number of hydrogen-bond acceptors (Lipinski definition) is 3. The molecule has 1 aliphatic rings. The summed E-state index contributed by atoms with van der Waals surface area (Å²) < 4.78 is 0. The van der Waals surface area contributed by atoms with Gasteiger partial charge in [-0.2, -0.15) is 0 Å². The molecule has 4 heteroatoms. The zero-order valence-electron chi connectivity index (χ0n) is 11.9. The van der Waals surface area contributed by atoms with Crippen LogP contribution in [0.2, 0.25) is 0 Å². The van der Waals surface area contributed by atoms with Crippen molar-refractivity contribution in [1.29, 1.82) is 0 Å². The van der Waals surface area contributed by atoms with E-state index in [2.05, 4.69) is 11.2 Å². The highest BCUT2D eigenvalue weighted by Gasteiger charge is 2.40. The molecule has 1 heterocycles. The van der Waals surface area contributed by atoms with Gasteiger partial charge in [-0.1, -0.05) is 13.8 Å². The van der Waals surface area contributed by atoms with E-state index in [4.69, 9.17) is 6.42 Å². The van der Waals surface area contributed by atoms with Crippen molar-refractivity contribution in [2.75, 3.05) is 6.54 Å². The highest BCUT2D eigenvalue weighted by molar-refractivity contribution is 6.05. The molecule has 1 aliphatic heterocycles. The van der Waals surface area contributed by atoms with E-state index in [9.17, 15) is 9.59 Å². The van der Waals surface area contributed by atoms with Crippen molar-refractivity contribution in [3.05, 3.63) is 0 Å². The second-order valence-corrected chi connectivity index (χ2v) is 4.94. The van der Waals surface area contributed by atoms with Crippen molar-refractivity contribution < 1.29 is 9.59 Å². The maximum atomic E-state index is 12.2. The Hall–Kier alpha value is -1.34. The molecule has 0 aromatic rings. The molecule has 1 atom stereocenters. The predicted octanol–water partition coefficient (Wildman–Crippen LogP) is 1.70. The molecule has 0 aromatic carbocycles. The fourth-order valence-electron chi connectivity index (χ4n) is 2.48. The summed E-state index contributed by atoms with van der Waals surface area (Å²) >= 11 is 0. The van der Waals surface area contributed by atoms with E-state index >= 15 is 0 Å². The minimum absolute atomic E-state index is 0.0418. The lowest BCUT2D eigenvalue weighted by atomic mass is 10.1. The SMILES string of the molecule is C#CCCCCNC1CC(=O)N(C(CC)CC)C1=O. The Morgan fingerprint density at radius 3 is 2.63 bits per heavy atom. The number of rotatable bonds is 8. The monoisotopic (exact) mass is 264 g/mol. The van der Waals surface area contributed by atoms with E-state index in [0.29, 0.717) is 6.42 Å². The third-order valence-corrected chi connectivity index (χ3v) is 3.63. The van der Waals surface area contributed by atoms with Gasteiger partial charge in [-0.05, 0) is 32.2 Å². The van der Waals surface area contributed by atoms with Crippen LogP contribution in [0.5, 0.6) is 0 Å². The summed E-state index contributed by atoms with van der Waals surface area (Å²) in [6.45, 7) is 4.76. The Labute approximate surface area is 115 Å². The molecule has 106 valence electrons. The molecule has 0 radical (unpaired) electrons. The fraction of sp³-hybridized carbons (Fsp3) is 0.733. The zero-order chi connectivity index (χ0) is 14.3. The van der Waals surface area contributed by atoms with Crippen LogP contribution in [-0.2, 0) is 9.59 Å². The number of imide groups is 1. The van der Waals surface area contributed by atoms with Crippen LogP contribution in [0.25, 0.3) is 0 Å². The molecule has 0 bridgehead atoms. The summed E-state index contributed by atoms with van der Waals surface area (Å²) in [6, 6.07) is -0.285. The molecule has 1 rings (SSSR count). The molecule has 0 saturated carbocycles. The van der Waals surface area contributed by atoms with Gasteiger partial charge in [0.1, 0.15) is 0 Å². The minimum Gasteiger partial charge on any atom is -0.305 e. The Morgan fingerprint density at radius 2 is 2.05 bits per heavy atom. The van der Waals surface area contributed by atoms with Crippen LogP contribution in [0, 0.1) is 12.3 Å². The van der Waals surface area contributed by atoms with E-state index in [0.717, 1.165) is 38.6 Å². The van der Waals surface area contributed by atoms with E-state index in [1.165, 1.54) is 4.90 Å². The Bertz CT molecular complexity index is 356. The van der Waals surface area contributed by atoms with Crippen LogP contribution < -0.4 is 5.32 Å². The van der Waals surface area contributed by atoms with Crippen LogP contribution in [-0.4, -0.2) is 35.3 Å². The highest BCUT2D eigenvalue weighted by atomic mass is 16.2. The smallest absolute Gasteiger partial charge is 0.247 e. The van der Waals surface area contributed by atoms with E-state index in [1.807, 2.05) is 13.8 Å². The Kier molecular flexibility index (Phi) is 6.58. The molecular formula is C15H24N2O2. The molecule has 0 aromatic heterocycles. The normalized spacial score (nSPS) is 19.3. The first-order valence-corrected chi connectivity index (χ1v) is 7.18. The van der Waals surface area contributed by atoms with Gasteiger partial charge < -0.3 is 5.32 Å². The molecule has 1 N–H and O–H groups in total. The summed E-state index contributed by atoms with van der Waals surface area (Å²) in [7, 11) is 0. The molecule has 4 nitrogen and oxygen atoms in total. The topological polar surface area (TPSA) is 49.4 Å². The number of nitrogens with zero attached hydrogens (tertiary/aromatic N) is 1. The Balaban J connectivity index is 2.44. The molecule has 0 aliphatic carbocycles. The van der Waals surface area contributed by atoms with Crippen molar-refractivity contribution in [3.8, 4) is 12.3 Å². The van der Waals surface area contributed by atoms with E-state index in [-0.39, 0.29) is 23.9 Å². The summed E-state index contributed by atoms with van der Waals surface area (Å²) in [5.74, 6) is 2.49. The number of likely N-dealkylation sites (tertiary alicyclic amines) is 1. The van der Waals surface area contributed by atoms with Crippen molar-refractivity contribution >= 4 is 11.8 Å². The van der Waals surface area contributed by atoms with Gasteiger partial charge in [0, 0.05) is 12.5 Å². The van der Waals surface area contributed by atoms with Gasteiger partial charge in [0.2, 0.25) is 11.8 Å². The molecule has 2 amide bonds.